The van der Waals surface area contributed by atoms with Crippen molar-refractivity contribution in [3.63, 3.8) is 0 Å². The molecule has 4 aromatic rings. The molecule has 4 heterocycles. The van der Waals surface area contributed by atoms with Crippen LogP contribution in [0.5, 0.6) is 0 Å². The molecular weight excluding hydrogens is 428 g/mol. The first-order valence-corrected chi connectivity index (χ1v) is 11.8. The van der Waals surface area contributed by atoms with Gasteiger partial charge in [-0.1, -0.05) is 24.3 Å². The third kappa shape index (κ3) is 3.98. The number of carbonyl (C=O) groups excluding carboxylic acids is 1. The van der Waals surface area contributed by atoms with Gasteiger partial charge in [0.2, 0.25) is 5.91 Å². The van der Waals surface area contributed by atoms with E-state index in [4.69, 9.17) is 4.98 Å². The Balaban J connectivity index is 1.07. The van der Waals surface area contributed by atoms with Crippen LogP contribution in [0.2, 0.25) is 0 Å². The van der Waals surface area contributed by atoms with Crippen LogP contribution in [0.3, 0.4) is 0 Å². The van der Waals surface area contributed by atoms with E-state index in [1.165, 1.54) is 11.1 Å². The average Bonchev–Trinajstić information content (AvgIpc) is 3.58. The highest BCUT2D eigenvalue weighted by Gasteiger charge is 2.24. The number of pyridine rings is 1. The van der Waals surface area contributed by atoms with Gasteiger partial charge in [0.05, 0.1) is 24.1 Å². The number of hydrogen-bond donors (Lipinski definition) is 2. The lowest BCUT2D eigenvalue weighted by atomic mass is 10.1. The maximum absolute atomic E-state index is 12.7. The first-order valence-electron chi connectivity index (χ1n) is 11.8. The summed E-state index contributed by atoms with van der Waals surface area (Å²) in [4.78, 5) is 21.5. The molecule has 0 unspecified atom stereocenters. The first-order chi connectivity index (χ1) is 16.6. The summed E-state index contributed by atoms with van der Waals surface area (Å²) in [6.45, 7) is 1.88. The van der Waals surface area contributed by atoms with E-state index in [9.17, 15) is 4.79 Å². The van der Waals surface area contributed by atoms with E-state index in [1.807, 2.05) is 24.2 Å². The van der Waals surface area contributed by atoms with Crippen molar-refractivity contribution < 1.29 is 4.79 Å². The van der Waals surface area contributed by atoms with Crippen molar-refractivity contribution in [3.8, 4) is 0 Å². The molecule has 0 fully saturated rings. The number of nitrogens with zero attached hydrogens (tertiary/aromatic N) is 6. The molecule has 9 heteroatoms. The molecule has 9 nitrogen and oxygen atoms in total. The summed E-state index contributed by atoms with van der Waals surface area (Å²) in [5.74, 6) is 1.04. The number of nitrogens with one attached hydrogen (secondary N) is 2. The van der Waals surface area contributed by atoms with E-state index in [0.29, 0.717) is 32.1 Å². The Bertz CT molecular complexity index is 1320. The van der Waals surface area contributed by atoms with Crippen LogP contribution in [-0.2, 0) is 30.6 Å². The van der Waals surface area contributed by atoms with Gasteiger partial charge in [-0.25, -0.2) is 4.98 Å². The second kappa shape index (κ2) is 8.48. The van der Waals surface area contributed by atoms with Gasteiger partial charge < -0.3 is 19.5 Å². The first kappa shape index (κ1) is 20.7. The third-order valence-electron chi connectivity index (χ3n) is 6.96. The number of aromatic amines is 1. The Morgan fingerprint density at radius 1 is 1.12 bits per heavy atom. The highest BCUT2D eigenvalue weighted by molar-refractivity contribution is 5.77. The van der Waals surface area contributed by atoms with Gasteiger partial charge in [-0.15, -0.1) is 0 Å². The van der Waals surface area contributed by atoms with Gasteiger partial charge in [-0.05, 0) is 36.1 Å². The number of H-pyrrole nitrogens is 1. The van der Waals surface area contributed by atoms with Crippen molar-refractivity contribution in [3.05, 3.63) is 71.3 Å². The van der Waals surface area contributed by atoms with Gasteiger partial charge in [-0.3, -0.25) is 4.79 Å². The zero-order chi connectivity index (χ0) is 23.1. The standard InChI is InChI=1S/C25H28N8O/c1-31(10-9-25(34)32-11-8-21-22(15-32)29-30-28-21)20-6-7-24-27-23(16-33(24)14-20)26-19-12-17-4-2-3-5-18(17)13-19/h2-7,14,16,19,26H,8-13,15H2,1H3,(H,28,29,30). The van der Waals surface area contributed by atoms with Crippen molar-refractivity contribution in [2.75, 3.05) is 30.4 Å². The Hall–Kier alpha value is -3.88. The van der Waals surface area contributed by atoms with Gasteiger partial charge in [0.15, 0.2) is 0 Å². The third-order valence-corrected chi connectivity index (χ3v) is 6.96. The summed E-state index contributed by atoms with van der Waals surface area (Å²) in [7, 11) is 2.02. The summed E-state index contributed by atoms with van der Waals surface area (Å²) in [5, 5.41) is 14.5. The summed E-state index contributed by atoms with van der Waals surface area (Å²) in [6.07, 6.45) is 7.39. The number of rotatable bonds is 6. The Morgan fingerprint density at radius 2 is 1.91 bits per heavy atom. The van der Waals surface area contributed by atoms with Crippen LogP contribution in [0.1, 0.15) is 28.9 Å². The lowest BCUT2D eigenvalue weighted by Crippen LogP contribution is -2.37. The fourth-order valence-electron chi connectivity index (χ4n) is 5.01. The van der Waals surface area contributed by atoms with Gasteiger partial charge in [0.25, 0.3) is 0 Å². The van der Waals surface area contributed by atoms with Crippen LogP contribution in [-0.4, -0.2) is 61.8 Å². The van der Waals surface area contributed by atoms with Crippen LogP contribution >= 0.6 is 0 Å². The highest BCUT2D eigenvalue weighted by Crippen LogP contribution is 2.25. The van der Waals surface area contributed by atoms with Crippen LogP contribution in [0, 0.1) is 0 Å². The number of aromatic nitrogens is 5. The van der Waals surface area contributed by atoms with Crippen LogP contribution < -0.4 is 10.2 Å². The van der Waals surface area contributed by atoms with E-state index in [2.05, 4.69) is 66.6 Å². The SMILES string of the molecule is CN(CCC(=O)N1CCc2n[nH]nc2C1)c1ccc2nc(NC3Cc4ccccc4C3)cn2c1. The minimum Gasteiger partial charge on any atom is -0.373 e. The number of fused-ring (bicyclic) bond motifs is 3. The minimum atomic E-state index is 0.147. The Labute approximate surface area is 197 Å². The van der Waals surface area contributed by atoms with Gasteiger partial charge in [0, 0.05) is 45.2 Å². The molecule has 34 heavy (non-hydrogen) atoms. The molecule has 0 saturated heterocycles. The molecule has 3 aromatic heterocycles. The largest absolute Gasteiger partial charge is 0.373 e. The minimum absolute atomic E-state index is 0.147. The number of anilines is 2. The maximum atomic E-state index is 12.7. The molecule has 0 saturated carbocycles. The molecule has 0 atom stereocenters. The van der Waals surface area contributed by atoms with Crippen molar-refractivity contribution >= 4 is 23.1 Å². The summed E-state index contributed by atoms with van der Waals surface area (Å²) in [6, 6.07) is 13.1. The number of amides is 1. The van der Waals surface area contributed by atoms with Gasteiger partial charge >= 0.3 is 0 Å². The Morgan fingerprint density at radius 3 is 2.74 bits per heavy atom. The fraction of sp³-hybridized carbons (Fsp3) is 0.360. The number of carbonyl (C=O) groups is 1. The zero-order valence-electron chi connectivity index (χ0n) is 19.2. The van der Waals surface area contributed by atoms with E-state index in [1.54, 1.807) is 0 Å². The summed E-state index contributed by atoms with van der Waals surface area (Å²) >= 11 is 0. The summed E-state index contributed by atoms with van der Waals surface area (Å²) < 4.78 is 2.05. The van der Waals surface area contributed by atoms with Crippen molar-refractivity contribution in [2.24, 2.45) is 0 Å². The highest BCUT2D eigenvalue weighted by atomic mass is 16.2. The predicted octanol–water partition coefficient (Wildman–Crippen LogP) is 2.44. The topological polar surface area (TPSA) is 94.5 Å². The molecule has 1 amide bonds. The van der Waals surface area contributed by atoms with E-state index >= 15 is 0 Å². The molecule has 2 N–H and O–H groups in total. The molecule has 1 aromatic carbocycles. The molecular formula is C25H28N8O. The van der Waals surface area contributed by atoms with Gasteiger partial charge in [0.1, 0.15) is 17.2 Å². The quantitative estimate of drug-likeness (QED) is 0.463. The number of benzene rings is 1. The molecule has 0 spiro atoms. The molecule has 1 aliphatic carbocycles. The maximum Gasteiger partial charge on any atom is 0.224 e. The fourth-order valence-corrected chi connectivity index (χ4v) is 5.01. The van der Waals surface area contributed by atoms with E-state index < -0.39 is 0 Å². The van der Waals surface area contributed by atoms with Crippen molar-refractivity contribution in [2.45, 2.75) is 38.3 Å². The van der Waals surface area contributed by atoms with Crippen molar-refractivity contribution in [1.29, 1.82) is 0 Å². The van der Waals surface area contributed by atoms with Crippen LogP contribution in [0.25, 0.3) is 5.65 Å². The molecule has 0 bridgehead atoms. The predicted molar refractivity (Wildman–Crippen MR) is 130 cm³/mol. The lowest BCUT2D eigenvalue weighted by Gasteiger charge is -2.27. The zero-order valence-corrected chi connectivity index (χ0v) is 19.2. The van der Waals surface area contributed by atoms with E-state index in [-0.39, 0.29) is 5.91 Å². The summed E-state index contributed by atoms with van der Waals surface area (Å²) in [5.41, 5.74) is 6.66. The normalized spacial score (nSPS) is 15.4. The van der Waals surface area contributed by atoms with Gasteiger partial charge in [-0.2, -0.15) is 15.4 Å². The lowest BCUT2D eigenvalue weighted by molar-refractivity contribution is -0.132. The van der Waals surface area contributed by atoms with Crippen molar-refractivity contribution in [1.82, 2.24) is 29.7 Å². The Kier molecular flexibility index (Phi) is 5.16. The molecule has 1 aliphatic heterocycles. The number of imidazole rings is 1. The molecule has 6 rings (SSSR count). The van der Waals surface area contributed by atoms with E-state index in [0.717, 1.165) is 47.8 Å². The molecule has 0 radical (unpaired) electrons. The second-order valence-electron chi connectivity index (χ2n) is 9.25. The second-order valence-corrected chi connectivity index (χ2v) is 9.25. The smallest absolute Gasteiger partial charge is 0.224 e. The van der Waals surface area contributed by atoms with Crippen LogP contribution in [0.4, 0.5) is 11.5 Å². The average molecular weight is 457 g/mol. The monoisotopic (exact) mass is 456 g/mol. The molecule has 174 valence electrons. The number of hydrogen-bond acceptors (Lipinski definition) is 6. The van der Waals surface area contributed by atoms with Crippen LogP contribution in [0.15, 0.2) is 48.8 Å². The molecule has 2 aliphatic rings.